The summed E-state index contributed by atoms with van der Waals surface area (Å²) in [7, 11) is -3.78. The van der Waals surface area contributed by atoms with Crippen molar-refractivity contribution in [1.82, 2.24) is 4.72 Å². The standard InChI is InChI=1S/C18H19N3O2S.ClH/c1-12-4-2-7-18(16(12)11-19)24(22,23)21-17-6-3-5-13-10-14(20)8-9-15(13)17;/h2,4,7-10,17,21H,3,5-6,20H2,1H3;1H. The molecule has 7 heteroatoms. The Bertz CT molecular complexity index is 936. The summed E-state index contributed by atoms with van der Waals surface area (Å²) in [6.07, 6.45) is 2.51. The van der Waals surface area contributed by atoms with E-state index in [9.17, 15) is 13.7 Å². The van der Waals surface area contributed by atoms with Crippen LogP contribution in [0.25, 0.3) is 0 Å². The summed E-state index contributed by atoms with van der Waals surface area (Å²) >= 11 is 0. The molecule has 0 spiro atoms. The highest BCUT2D eigenvalue weighted by atomic mass is 35.5. The van der Waals surface area contributed by atoms with E-state index in [1.807, 2.05) is 18.2 Å². The van der Waals surface area contributed by atoms with Crippen molar-refractivity contribution in [3.8, 4) is 6.07 Å². The van der Waals surface area contributed by atoms with E-state index in [4.69, 9.17) is 5.73 Å². The SMILES string of the molecule is Cc1cccc(S(=O)(=O)NC2CCCc3cc(N)ccc32)c1C#N.Cl. The molecule has 0 heterocycles. The average Bonchev–Trinajstić information content (AvgIpc) is 2.54. The first-order valence-electron chi connectivity index (χ1n) is 7.83. The van der Waals surface area contributed by atoms with E-state index < -0.39 is 10.0 Å². The lowest BCUT2D eigenvalue weighted by molar-refractivity contribution is 0.507. The van der Waals surface area contributed by atoms with Crippen molar-refractivity contribution in [3.63, 3.8) is 0 Å². The maximum absolute atomic E-state index is 12.8. The number of benzene rings is 2. The van der Waals surface area contributed by atoms with Crippen LogP contribution in [0, 0.1) is 18.3 Å². The molecule has 0 radical (unpaired) electrons. The lowest BCUT2D eigenvalue weighted by Crippen LogP contribution is -2.31. The number of hydrogen-bond acceptors (Lipinski definition) is 4. The molecular weight excluding hydrogens is 358 g/mol. The van der Waals surface area contributed by atoms with Gasteiger partial charge < -0.3 is 5.73 Å². The molecule has 0 aliphatic heterocycles. The number of aryl methyl sites for hydroxylation is 2. The zero-order valence-electron chi connectivity index (χ0n) is 13.8. The molecule has 2 aromatic carbocycles. The molecule has 1 aliphatic rings. The Morgan fingerprint density at radius 2 is 2.04 bits per heavy atom. The number of nitrogen functional groups attached to an aromatic ring is 1. The van der Waals surface area contributed by atoms with Gasteiger partial charge in [-0.05, 0) is 61.1 Å². The summed E-state index contributed by atoms with van der Waals surface area (Å²) in [5, 5.41) is 9.30. The van der Waals surface area contributed by atoms with Crippen LogP contribution in [0.4, 0.5) is 5.69 Å². The summed E-state index contributed by atoms with van der Waals surface area (Å²) in [6, 6.07) is 12.1. The normalized spacial score (nSPS) is 16.4. The van der Waals surface area contributed by atoms with Gasteiger partial charge in [-0.2, -0.15) is 5.26 Å². The largest absolute Gasteiger partial charge is 0.399 e. The molecule has 0 aromatic heterocycles. The van der Waals surface area contributed by atoms with Crippen LogP contribution in [0.2, 0.25) is 0 Å². The van der Waals surface area contributed by atoms with Crippen LogP contribution in [-0.4, -0.2) is 8.42 Å². The number of nitrogens with two attached hydrogens (primary N) is 1. The molecule has 0 saturated heterocycles. The van der Waals surface area contributed by atoms with E-state index >= 15 is 0 Å². The Balaban J connectivity index is 0.00000225. The highest BCUT2D eigenvalue weighted by Gasteiger charge is 2.27. The number of anilines is 1. The van der Waals surface area contributed by atoms with E-state index in [-0.39, 0.29) is 28.9 Å². The van der Waals surface area contributed by atoms with Gasteiger partial charge in [0.05, 0.1) is 5.56 Å². The minimum absolute atomic E-state index is 0. The molecule has 25 heavy (non-hydrogen) atoms. The number of nitriles is 1. The number of nitrogens with one attached hydrogen (secondary N) is 1. The van der Waals surface area contributed by atoms with E-state index in [0.717, 1.165) is 30.4 Å². The van der Waals surface area contributed by atoms with Gasteiger partial charge in [-0.15, -0.1) is 12.4 Å². The van der Waals surface area contributed by atoms with Gasteiger partial charge in [-0.3, -0.25) is 0 Å². The number of halogens is 1. The van der Waals surface area contributed by atoms with Crippen LogP contribution in [0.3, 0.4) is 0 Å². The van der Waals surface area contributed by atoms with Gasteiger partial charge in [0.1, 0.15) is 11.0 Å². The average molecular weight is 378 g/mol. The number of sulfonamides is 1. The van der Waals surface area contributed by atoms with Crippen LogP contribution < -0.4 is 10.5 Å². The maximum Gasteiger partial charge on any atom is 0.242 e. The van der Waals surface area contributed by atoms with E-state index in [0.29, 0.717) is 11.3 Å². The van der Waals surface area contributed by atoms with Gasteiger partial charge in [0.25, 0.3) is 0 Å². The monoisotopic (exact) mass is 377 g/mol. The van der Waals surface area contributed by atoms with Gasteiger partial charge in [0.15, 0.2) is 0 Å². The fraction of sp³-hybridized carbons (Fsp3) is 0.278. The Hall–Kier alpha value is -2.07. The minimum atomic E-state index is -3.78. The van der Waals surface area contributed by atoms with Gasteiger partial charge in [-0.25, -0.2) is 13.1 Å². The molecule has 1 atom stereocenters. The molecule has 2 aromatic rings. The fourth-order valence-corrected chi connectivity index (χ4v) is 4.69. The summed E-state index contributed by atoms with van der Waals surface area (Å²) in [6.45, 7) is 1.73. The van der Waals surface area contributed by atoms with Gasteiger partial charge in [0, 0.05) is 11.7 Å². The fourth-order valence-electron chi connectivity index (χ4n) is 3.22. The second kappa shape index (κ2) is 7.44. The molecule has 1 aliphatic carbocycles. The van der Waals surface area contributed by atoms with Crippen molar-refractivity contribution in [1.29, 1.82) is 5.26 Å². The predicted octanol–water partition coefficient (Wildman–Crippen LogP) is 3.23. The Morgan fingerprint density at radius 1 is 1.28 bits per heavy atom. The third kappa shape index (κ3) is 3.79. The first-order chi connectivity index (χ1) is 11.4. The number of fused-ring (bicyclic) bond motifs is 1. The van der Waals surface area contributed by atoms with Crippen LogP contribution in [0.15, 0.2) is 41.3 Å². The molecule has 132 valence electrons. The number of nitrogens with zero attached hydrogens (tertiary/aromatic N) is 1. The third-order valence-electron chi connectivity index (χ3n) is 4.41. The van der Waals surface area contributed by atoms with Crippen molar-refractivity contribution in [2.75, 3.05) is 5.73 Å². The van der Waals surface area contributed by atoms with Gasteiger partial charge in [-0.1, -0.05) is 18.2 Å². The Labute approximate surface area is 154 Å². The topological polar surface area (TPSA) is 96.0 Å². The quantitative estimate of drug-likeness (QED) is 0.802. The van der Waals surface area contributed by atoms with Crippen LogP contribution in [0.5, 0.6) is 0 Å². The molecule has 3 rings (SSSR count). The van der Waals surface area contributed by atoms with Crippen molar-refractivity contribution in [3.05, 3.63) is 58.7 Å². The lowest BCUT2D eigenvalue weighted by atomic mass is 9.88. The predicted molar refractivity (Wildman–Crippen MR) is 100.0 cm³/mol. The second-order valence-electron chi connectivity index (χ2n) is 6.08. The van der Waals surface area contributed by atoms with Gasteiger partial charge in [0.2, 0.25) is 10.0 Å². The van der Waals surface area contributed by atoms with Crippen molar-refractivity contribution < 1.29 is 8.42 Å². The summed E-state index contributed by atoms with van der Waals surface area (Å²) in [5.41, 5.74) is 9.40. The molecule has 3 N–H and O–H groups in total. The number of hydrogen-bond donors (Lipinski definition) is 2. The van der Waals surface area contributed by atoms with Crippen LogP contribution in [-0.2, 0) is 16.4 Å². The summed E-state index contributed by atoms with van der Waals surface area (Å²) < 4.78 is 28.4. The van der Waals surface area contributed by atoms with Crippen molar-refractivity contribution in [2.24, 2.45) is 0 Å². The molecule has 0 amide bonds. The van der Waals surface area contributed by atoms with E-state index in [2.05, 4.69) is 4.72 Å². The minimum Gasteiger partial charge on any atom is -0.399 e. The lowest BCUT2D eigenvalue weighted by Gasteiger charge is -2.26. The molecule has 0 fully saturated rings. The Morgan fingerprint density at radius 3 is 2.76 bits per heavy atom. The highest BCUT2D eigenvalue weighted by molar-refractivity contribution is 7.89. The molecule has 1 unspecified atom stereocenters. The third-order valence-corrected chi connectivity index (χ3v) is 5.93. The summed E-state index contributed by atoms with van der Waals surface area (Å²) in [5.74, 6) is 0. The Kier molecular flexibility index (Phi) is 5.73. The van der Waals surface area contributed by atoms with Crippen LogP contribution >= 0.6 is 12.4 Å². The zero-order valence-corrected chi connectivity index (χ0v) is 15.5. The first-order valence-corrected chi connectivity index (χ1v) is 9.31. The van der Waals surface area contributed by atoms with Gasteiger partial charge >= 0.3 is 0 Å². The highest BCUT2D eigenvalue weighted by Crippen LogP contribution is 2.32. The van der Waals surface area contributed by atoms with E-state index in [1.165, 1.54) is 6.07 Å². The molecule has 0 saturated carbocycles. The van der Waals surface area contributed by atoms with Crippen molar-refractivity contribution >= 4 is 28.1 Å². The van der Waals surface area contributed by atoms with Crippen LogP contribution in [0.1, 0.15) is 41.1 Å². The maximum atomic E-state index is 12.8. The smallest absolute Gasteiger partial charge is 0.242 e. The molecule has 5 nitrogen and oxygen atoms in total. The molecule has 0 bridgehead atoms. The first kappa shape index (κ1) is 19.3. The number of rotatable bonds is 3. The summed E-state index contributed by atoms with van der Waals surface area (Å²) in [4.78, 5) is 0.0348. The second-order valence-corrected chi connectivity index (χ2v) is 7.77. The van der Waals surface area contributed by atoms with E-state index in [1.54, 1.807) is 25.1 Å². The van der Waals surface area contributed by atoms with Crippen molar-refractivity contribution in [2.45, 2.75) is 37.1 Å². The zero-order chi connectivity index (χ0) is 17.3. The molecular formula is C18H20ClN3O2S.